The van der Waals surface area contributed by atoms with E-state index in [-0.39, 0.29) is 28.9 Å². The third-order valence-corrected chi connectivity index (χ3v) is 4.93. The average molecular weight is 487 g/mol. The van der Waals surface area contributed by atoms with Crippen LogP contribution in [0.4, 0.5) is 32.0 Å². The summed E-state index contributed by atoms with van der Waals surface area (Å²) in [5, 5.41) is 5.57. The Kier molecular flexibility index (Phi) is 6.46. The number of benzene rings is 1. The molecule has 34 heavy (non-hydrogen) atoms. The highest BCUT2D eigenvalue weighted by molar-refractivity contribution is 6.05. The average Bonchev–Trinajstić information content (AvgIpc) is 3.24. The van der Waals surface area contributed by atoms with Crippen LogP contribution in [0.1, 0.15) is 35.2 Å². The smallest absolute Gasteiger partial charge is 0.388 e. The number of aromatic nitrogens is 2. The first-order valence-corrected chi connectivity index (χ1v) is 9.79. The van der Waals surface area contributed by atoms with E-state index < -0.39 is 60.8 Å². The van der Waals surface area contributed by atoms with E-state index in [1.54, 1.807) is 0 Å². The van der Waals surface area contributed by atoms with Crippen molar-refractivity contribution < 1.29 is 45.1 Å². The van der Waals surface area contributed by atoms with Crippen molar-refractivity contribution >= 4 is 11.6 Å². The van der Waals surface area contributed by atoms with Gasteiger partial charge in [-0.2, -0.15) is 8.78 Å². The van der Waals surface area contributed by atoms with Crippen molar-refractivity contribution in [2.75, 3.05) is 11.9 Å². The van der Waals surface area contributed by atoms with E-state index in [0.29, 0.717) is 0 Å². The lowest BCUT2D eigenvalue weighted by atomic mass is 9.97. The van der Waals surface area contributed by atoms with Gasteiger partial charge in [-0.25, -0.2) is 17.6 Å². The lowest BCUT2D eigenvalue weighted by Gasteiger charge is -2.30. The molecule has 0 saturated carbocycles. The summed E-state index contributed by atoms with van der Waals surface area (Å²) >= 11 is 0. The molecule has 2 aromatic heterocycles. The molecule has 13 heteroatoms. The summed E-state index contributed by atoms with van der Waals surface area (Å²) in [6, 6.07) is 4.71. The van der Waals surface area contributed by atoms with Crippen LogP contribution < -0.4 is 10.1 Å². The number of pyridine rings is 1. The molecule has 0 aliphatic carbocycles. The van der Waals surface area contributed by atoms with Gasteiger partial charge in [-0.05, 0) is 35.8 Å². The standard InChI is InChI=1S/C21H15F6N3O4/c22-10-1-2-13(23)12(7-10)11-4-6-28-18(14-3-5-21(26,27)9-32-14)17(11)29-19(31)15-8-16(30-34-15)33-20(24)25/h1-2,4,6-8,14,20H,3,5,9H2,(H,29,31)/t14-/m1/s1. The second-order valence-corrected chi connectivity index (χ2v) is 7.30. The number of hydrogen-bond acceptors (Lipinski definition) is 6. The fourth-order valence-corrected chi connectivity index (χ4v) is 3.41. The molecule has 180 valence electrons. The second-order valence-electron chi connectivity index (χ2n) is 7.30. The Morgan fingerprint density at radius 3 is 2.68 bits per heavy atom. The van der Waals surface area contributed by atoms with Crippen molar-refractivity contribution in [3.8, 4) is 17.0 Å². The molecule has 1 N–H and O–H groups in total. The predicted octanol–water partition coefficient (Wildman–Crippen LogP) is 5.36. The molecular formula is C21H15F6N3O4. The van der Waals surface area contributed by atoms with Crippen molar-refractivity contribution in [2.24, 2.45) is 0 Å². The highest BCUT2D eigenvalue weighted by Gasteiger charge is 2.38. The lowest BCUT2D eigenvalue weighted by Crippen LogP contribution is -2.31. The summed E-state index contributed by atoms with van der Waals surface area (Å²) in [4.78, 5) is 16.9. The molecule has 4 rings (SSSR count). The van der Waals surface area contributed by atoms with Gasteiger partial charge in [0.25, 0.3) is 17.7 Å². The molecule has 7 nitrogen and oxygen atoms in total. The number of carbonyl (C=O) groups is 1. The van der Waals surface area contributed by atoms with Crippen LogP contribution in [-0.4, -0.2) is 35.2 Å². The SMILES string of the molecule is O=C(Nc1c(-c2cc(F)ccc2F)ccnc1[C@H]1CCC(F)(F)CO1)c1cc(OC(F)F)no1. The van der Waals surface area contributed by atoms with Gasteiger partial charge in [-0.1, -0.05) is 0 Å². The van der Waals surface area contributed by atoms with Crippen molar-refractivity contribution in [2.45, 2.75) is 31.5 Å². The number of nitrogens with zero attached hydrogens (tertiary/aromatic N) is 2. The Labute approximate surface area is 187 Å². The summed E-state index contributed by atoms with van der Waals surface area (Å²) in [6.45, 7) is -4.11. The number of alkyl halides is 4. The van der Waals surface area contributed by atoms with E-state index in [4.69, 9.17) is 9.26 Å². The van der Waals surface area contributed by atoms with Crippen LogP contribution in [0.2, 0.25) is 0 Å². The fourth-order valence-electron chi connectivity index (χ4n) is 3.41. The zero-order valence-electron chi connectivity index (χ0n) is 17.0. The van der Waals surface area contributed by atoms with Gasteiger partial charge in [0.05, 0.1) is 17.4 Å². The van der Waals surface area contributed by atoms with Gasteiger partial charge >= 0.3 is 6.61 Å². The molecule has 1 amide bonds. The normalized spacial score (nSPS) is 17.6. The van der Waals surface area contributed by atoms with E-state index in [9.17, 15) is 31.1 Å². The zero-order valence-corrected chi connectivity index (χ0v) is 17.0. The number of ether oxygens (including phenoxy) is 2. The Morgan fingerprint density at radius 2 is 1.97 bits per heavy atom. The molecule has 1 atom stereocenters. The van der Waals surface area contributed by atoms with Crippen molar-refractivity contribution in [1.29, 1.82) is 0 Å². The van der Waals surface area contributed by atoms with E-state index >= 15 is 0 Å². The van der Waals surface area contributed by atoms with Crippen LogP contribution in [0.3, 0.4) is 0 Å². The highest BCUT2D eigenvalue weighted by atomic mass is 19.3. The molecule has 3 aromatic rings. The number of rotatable bonds is 6. The summed E-state index contributed by atoms with van der Waals surface area (Å²) in [5.41, 5.74) is -0.465. The van der Waals surface area contributed by atoms with Gasteiger partial charge in [0, 0.05) is 23.7 Å². The maximum Gasteiger partial charge on any atom is 0.388 e. The Hall–Kier alpha value is -3.61. The number of nitrogens with one attached hydrogen (secondary N) is 1. The van der Waals surface area contributed by atoms with Crippen LogP contribution in [0.5, 0.6) is 5.88 Å². The number of hydrogen-bond donors (Lipinski definition) is 1. The molecular weight excluding hydrogens is 472 g/mol. The highest BCUT2D eigenvalue weighted by Crippen LogP contribution is 2.41. The second kappa shape index (κ2) is 9.33. The van der Waals surface area contributed by atoms with E-state index in [1.807, 2.05) is 0 Å². The largest absolute Gasteiger partial charge is 0.414 e. The fraction of sp³-hybridized carbons (Fsp3) is 0.286. The van der Waals surface area contributed by atoms with Crippen LogP contribution in [-0.2, 0) is 4.74 Å². The first-order valence-electron chi connectivity index (χ1n) is 9.79. The van der Waals surface area contributed by atoms with Gasteiger partial charge in [-0.15, -0.1) is 0 Å². The minimum Gasteiger partial charge on any atom is -0.414 e. The summed E-state index contributed by atoms with van der Waals surface area (Å²) in [5.74, 6) is -6.90. The van der Waals surface area contributed by atoms with Crippen LogP contribution in [0.25, 0.3) is 11.1 Å². The zero-order chi connectivity index (χ0) is 24.5. The topological polar surface area (TPSA) is 86.5 Å². The molecule has 3 heterocycles. The van der Waals surface area contributed by atoms with E-state index in [1.165, 1.54) is 12.3 Å². The Bertz CT molecular complexity index is 1190. The maximum absolute atomic E-state index is 14.5. The molecule has 1 fully saturated rings. The molecule has 0 radical (unpaired) electrons. The third kappa shape index (κ3) is 5.14. The lowest BCUT2D eigenvalue weighted by molar-refractivity contribution is -0.146. The minimum absolute atomic E-state index is 0.0198. The van der Waals surface area contributed by atoms with Crippen LogP contribution >= 0.6 is 0 Å². The minimum atomic E-state index is -3.21. The number of carbonyl (C=O) groups excluding carboxylic acids is 1. The van der Waals surface area contributed by atoms with Crippen LogP contribution in [0, 0.1) is 11.6 Å². The Morgan fingerprint density at radius 1 is 1.18 bits per heavy atom. The number of anilines is 1. The van der Waals surface area contributed by atoms with Gasteiger partial charge in [0.1, 0.15) is 24.3 Å². The quantitative estimate of drug-likeness (QED) is 0.472. The summed E-state index contributed by atoms with van der Waals surface area (Å²) < 4.78 is 94.2. The maximum atomic E-state index is 14.5. The van der Waals surface area contributed by atoms with Gasteiger partial charge < -0.3 is 19.3 Å². The van der Waals surface area contributed by atoms with E-state index in [2.05, 4.69) is 20.2 Å². The molecule has 0 bridgehead atoms. The van der Waals surface area contributed by atoms with Gasteiger partial charge in [0.15, 0.2) is 0 Å². The molecule has 1 saturated heterocycles. The van der Waals surface area contributed by atoms with Gasteiger partial charge in [0.2, 0.25) is 5.76 Å². The predicted molar refractivity (Wildman–Crippen MR) is 104 cm³/mol. The van der Waals surface area contributed by atoms with Crippen molar-refractivity contribution in [1.82, 2.24) is 10.1 Å². The van der Waals surface area contributed by atoms with Crippen molar-refractivity contribution in [3.63, 3.8) is 0 Å². The Balaban J connectivity index is 1.74. The number of halogens is 6. The summed E-state index contributed by atoms with van der Waals surface area (Å²) in [6.07, 6.45) is -0.475. The van der Waals surface area contributed by atoms with Crippen LogP contribution in [0.15, 0.2) is 41.1 Å². The van der Waals surface area contributed by atoms with E-state index in [0.717, 1.165) is 24.3 Å². The first kappa shape index (κ1) is 23.5. The van der Waals surface area contributed by atoms with Gasteiger partial charge in [-0.3, -0.25) is 9.78 Å². The summed E-state index contributed by atoms with van der Waals surface area (Å²) in [7, 11) is 0. The molecule has 1 aromatic carbocycles. The number of amides is 1. The molecule has 0 spiro atoms. The first-order chi connectivity index (χ1) is 16.1. The molecule has 1 aliphatic heterocycles. The monoisotopic (exact) mass is 487 g/mol. The molecule has 1 aliphatic rings. The third-order valence-electron chi connectivity index (χ3n) is 4.93. The van der Waals surface area contributed by atoms with Crippen molar-refractivity contribution in [3.05, 3.63) is 59.6 Å². The molecule has 0 unspecified atom stereocenters.